The molecule has 1 saturated heterocycles. The molecule has 2 N–H and O–H groups in total. The van der Waals surface area contributed by atoms with Crippen molar-refractivity contribution in [3.05, 3.63) is 11.9 Å². The van der Waals surface area contributed by atoms with Gasteiger partial charge >= 0.3 is 0 Å². The monoisotopic (exact) mass is 236 g/mol. The van der Waals surface area contributed by atoms with Crippen LogP contribution in [0.25, 0.3) is 0 Å². The van der Waals surface area contributed by atoms with E-state index in [1.54, 1.807) is 0 Å². The Morgan fingerprint density at radius 3 is 2.88 bits per heavy atom. The minimum atomic E-state index is 0.363. The van der Waals surface area contributed by atoms with Crippen LogP contribution in [0.15, 0.2) is 6.20 Å². The highest BCUT2D eigenvalue weighted by molar-refractivity contribution is 5.34. The third-order valence-corrected chi connectivity index (χ3v) is 3.82. The third kappa shape index (κ3) is 2.46. The van der Waals surface area contributed by atoms with Crippen molar-refractivity contribution in [1.82, 2.24) is 9.55 Å². The summed E-state index contributed by atoms with van der Waals surface area (Å²) in [4.78, 5) is 7.04. The molecule has 0 aromatic carbocycles. The summed E-state index contributed by atoms with van der Waals surface area (Å²) < 4.78 is 2.24. The summed E-state index contributed by atoms with van der Waals surface area (Å²) in [7, 11) is 0. The van der Waals surface area contributed by atoms with Crippen molar-refractivity contribution in [1.29, 1.82) is 0 Å². The summed E-state index contributed by atoms with van der Waals surface area (Å²) in [5.41, 5.74) is 7.25. The second-order valence-corrected chi connectivity index (χ2v) is 5.04. The van der Waals surface area contributed by atoms with Gasteiger partial charge in [0.25, 0.3) is 0 Å². The molecule has 1 fully saturated rings. The van der Waals surface area contributed by atoms with Gasteiger partial charge in [0, 0.05) is 31.9 Å². The number of piperidine rings is 1. The highest BCUT2D eigenvalue weighted by atomic mass is 15.3. The number of imidazole rings is 1. The third-order valence-electron chi connectivity index (χ3n) is 3.82. The first-order valence-electron chi connectivity index (χ1n) is 6.70. The molecule has 0 amide bonds. The molecule has 17 heavy (non-hydrogen) atoms. The molecule has 2 heterocycles. The van der Waals surface area contributed by atoms with Gasteiger partial charge in [0.15, 0.2) is 0 Å². The van der Waals surface area contributed by atoms with Gasteiger partial charge in [0.2, 0.25) is 5.95 Å². The zero-order valence-electron chi connectivity index (χ0n) is 11.2. The molecule has 1 aliphatic rings. The Hall–Kier alpha value is -1.03. The van der Waals surface area contributed by atoms with Gasteiger partial charge in [-0.05, 0) is 26.2 Å². The molecule has 0 saturated carbocycles. The molecular weight excluding hydrogens is 212 g/mol. The van der Waals surface area contributed by atoms with Gasteiger partial charge in [-0.15, -0.1) is 0 Å². The van der Waals surface area contributed by atoms with Gasteiger partial charge in [-0.1, -0.05) is 13.3 Å². The molecular formula is C13H24N4. The second-order valence-electron chi connectivity index (χ2n) is 5.04. The molecule has 0 radical (unpaired) electrons. The van der Waals surface area contributed by atoms with Gasteiger partial charge in [-0.3, -0.25) is 0 Å². The molecule has 4 heteroatoms. The Labute approximate surface area is 104 Å². The molecule has 2 rings (SSSR count). The van der Waals surface area contributed by atoms with Gasteiger partial charge < -0.3 is 15.2 Å². The minimum Gasteiger partial charge on any atom is -0.342 e. The summed E-state index contributed by atoms with van der Waals surface area (Å²) in [6.45, 7) is 9.52. The van der Waals surface area contributed by atoms with E-state index in [1.807, 2.05) is 0 Å². The fourth-order valence-electron chi connectivity index (χ4n) is 2.68. The number of hydrogen-bond donors (Lipinski definition) is 1. The van der Waals surface area contributed by atoms with Crippen LogP contribution in [0.1, 0.15) is 32.4 Å². The van der Waals surface area contributed by atoms with Gasteiger partial charge in [-0.25, -0.2) is 4.98 Å². The maximum atomic E-state index is 6.15. The highest BCUT2D eigenvalue weighted by Crippen LogP contribution is 2.24. The van der Waals surface area contributed by atoms with Crippen LogP contribution >= 0.6 is 0 Å². The fraction of sp³-hybridized carbons (Fsp3) is 0.769. The molecule has 1 aromatic heterocycles. The molecule has 0 bridgehead atoms. The first kappa shape index (κ1) is 12.4. The lowest BCUT2D eigenvalue weighted by Gasteiger charge is -2.37. The summed E-state index contributed by atoms with van der Waals surface area (Å²) in [5.74, 6) is 1.72. The predicted molar refractivity (Wildman–Crippen MR) is 71.2 cm³/mol. The molecule has 96 valence electrons. The lowest BCUT2D eigenvalue weighted by molar-refractivity contribution is 0.343. The number of aromatic nitrogens is 2. The SMILES string of the molecule is CCC1CN(c2nc(C)cn2CC)CCC1N. The largest absolute Gasteiger partial charge is 0.342 e. The zero-order valence-corrected chi connectivity index (χ0v) is 11.2. The number of rotatable bonds is 3. The molecule has 0 aliphatic carbocycles. The standard InChI is InChI=1S/C13H24N4/c1-4-11-9-17(7-6-12(11)14)13-15-10(3)8-16(13)5-2/h8,11-12H,4-7,9,14H2,1-3H3. The van der Waals surface area contributed by atoms with E-state index < -0.39 is 0 Å². The average Bonchev–Trinajstić information content (AvgIpc) is 2.71. The second kappa shape index (κ2) is 5.08. The van der Waals surface area contributed by atoms with Crippen molar-refractivity contribution >= 4 is 5.95 Å². The molecule has 4 nitrogen and oxygen atoms in total. The Kier molecular flexibility index (Phi) is 3.72. The number of anilines is 1. The smallest absolute Gasteiger partial charge is 0.205 e. The van der Waals surface area contributed by atoms with E-state index in [0.29, 0.717) is 12.0 Å². The van der Waals surface area contributed by atoms with Crippen LogP contribution in [-0.2, 0) is 6.54 Å². The summed E-state index contributed by atoms with van der Waals surface area (Å²) in [6.07, 6.45) is 4.36. The molecule has 1 aromatic rings. The van der Waals surface area contributed by atoms with Gasteiger partial charge in [-0.2, -0.15) is 0 Å². The van der Waals surface area contributed by atoms with E-state index in [9.17, 15) is 0 Å². The number of nitrogens with zero attached hydrogens (tertiary/aromatic N) is 3. The average molecular weight is 236 g/mol. The number of nitrogens with two attached hydrogens (primary N) is 1. The van der Waals surface area contributed by atoms with Crippen molar-refractivity contribution in [2.45, 2.75) is 46.2 Å². The lowest BCUT2D eigenvalue weighted by Crippen LogP contribution is -2.47. The summed E-state index contributed by atoms with van der Waals surface area (Å²) in [5, 5.41) is 0. The van der Waals surface area contributed by atoms with Crippen LogP contribution in [-0.4, -0.2) is 28.7 Å². The van der Waals surface area contributed by atoms with E-state index in [4.69, 9.17) is 5.73 Å². The first-order valence-corrected chi connectivity index (χ1v) is 6.70. The number of aryl methyl sites for hydroxylation is 2. The first-order chi connectivity index (χ1) is 8.15. The molecule has 1 aliphatic heterocycles. The van der Waals surface area contributed by atoms with Crippen molar-refractivity contribution in [3.63, 3.8) is 0 Å². The normalized spacial score (nSPS) is 25.3. The Balaban J connectivity index is 2.16. The van der Waals surface area contributed by atoms with E-state index in [2.05, 4.69) is 41.4 Å². The Morgan fingerprint density at radius 1 is 1.47 bits per heavy atom. The van der Waals surface area contributed by atoms with Crippen LogP contribution in [0.4, 0.5) is 5.95 Å². The summed E-state index contributed by atoms with van der Waals surface area (Å²) >= 11 is 0. The molecule has 2 atom stereocenters. The fourth-order valence-corrected chi connectivity index (χ4v) is 2.68. The Bertz CT molecular complexity index is 371. The quantitative estimate of drug-likeness (QED) is 0.870. The van der Waals surface area contributed by atoms with E-state index >= 15 is 0 Å². The van der Waals surface area contributed by atoms with Crippen LogP contribution in [0.5, 0.6) is 0 Å². The van der Waals surface area contributed by atoms with Crippen LogP contribution < -0.4 is 10.6 Å². The van der Waals surface area contributed by atoms with Crippen LogP contribution in [0.3, 0.4) is 0 Å². The van der Waals surface area contributed by atoms with E-state index in [0.717, 1.165) is 44.1 Å². The highest BCUT2D eigenvalue weighted by Gasteiger charge is 2.27. The van der Waals surface area contributed by atoms with Gasteiger partial charge in [0.1, 0.15) is 0 Å². The van der Waals surface area contributed by atoms with Crippen LogP contribution in [0.2, 0.25) is 0 Å². The summed E-state index contributed by atoms with van der Waals surface area (Å²) in [6, 6.07) is 0.363. The van der Waals surface area contributed by atoms with E-state index in [-0.39, 0.29) is 0 Å². The zero-order chi connectivity index (χ0) is 12.4. The Morgan fingerprint density at radius 2 is 2.24 bits per heavy atom. The lowest BCUT2D eigenvalue weighted by atomic mass is 9.91. The van der Waals surface area contributed by atoms with Crippen molar-refractivity contribution in [3.8, 4) is 0 Å². The van der Waals surface area contributed by atoms with Crippen molar-refractivity contribution < 1.29 is 0 Å². The van der Waals surface area contributed by atoms with Crippen LogP contribution in [0, 0.1) is 12.8 Å². The van der Waals surface area contributed by atoms with Gasteiger partial charge in [0.05, 0.1) is 5.69 Å². The predicted octanol–water partition coefficient (Wildman–Crippen LogP) is 1.78. The van der Waals surface area contributed by atoms with E-state index in [1.165, 1.54) is 0 Å². The van der Waals surface area contributed by atoms with Crippen molar-refractivity contribution in [2.24, 2.45) is 11.7 Å². The van der Waals surface area contributed by atoms with Crippen molar-refractivity contribution in [2.75, 3.05) is 18.0 Å². The maximum Gasteiger partial charge on any atom is 0.205 e. The topological polar surface area (TPSA) is 47.1 Å². The minimum absolute atomic E-state index is 0.363. The molecule has 2 unspecified atom stereocenters. The molecule has 0 spiro atoms. The maximum absolute atomic E-state index is 6.15. The number of hydrogen-bond acceptors (Lipinski definition) is 3.